The van der Waals surface area contributed by atoms with Crippen molar-refractivity contribution in [1.29, 1.82) is 0 Å². The van der Waals surface area contributed by atoms with Crippen LogP contribution in [0, 0.1) is 0 Å². The van der Waals surface area contributed by atoms with Crippen molar-refractivity contribution < 1.29 is 14.3 Å². The van der Waals surface area contributed by atoms with E-state index >= 15 is 0 Å². The molecule has 0 radical (unpaired) electrons. The number of amides is 2. The number of methoxy groups -OCH3 is 1. The molecule has 0 aliphatic carbocycles. The summed E-state index contributed by atoms with van der Waals surface area (Å²) in [6.45, 7) is 6.27. The highest BCUT2D eigenvalue weighted by molar-refractivity contribution is 5.96. The molecule has 0 saturated carbocycles. The molecule has 2 aromatic rings. The number of carbonyl (C=O) groups is 2. The van der Waals surface area contributed by atoms with E-state index in [0.717, 1.165) is 18.5 Å². The maximum atomic E-state index is 13.2. The largest absolute Gasteiger partial charge is 0.383 e. The Bertz CT molecular complexity index is 829. The lowest BCUT2D eigenvalue weighted by atomic mass is 10.0. The number of hydrogen-bond donors (Lipinski definition) is 0. The quantitative estimate of drug-likeness (QED) is 0.411. The molecule has 0 bridgehead atoms. The Morgan fingerprint density at radius 2 is 1.72 bits per heavy atom. The minimum atomic E-state index is -0.0918. The van der Waals surface area contributed by atoms with Crippen LogP contribution in [0.2, 0.25) is 0 Å². The van der Waals surface area contributed by atoms with Gasteiger partial charge in [0.05, 0.1) is 13.2 Å². The molecule has 0 spiro atoms. The minimum Gasteiger partial charge on any atom is -0.383 e. The normalized spacial score (nSPS) is 10.9. The van der Waals surface area contributed by atoms with Gasteiger partial charge in [-0.25, -0.2) is 0 Å². The molecular weight excluding hydrogens is 402 g/mol. The molecular formula is C26H39N3O3. The van der Waals surface area contributed by atoms with Crippen LogP contribution in [-0.4, -0.2) is 59.5 Å². The van der Waals surface area contributed by atoms with Gasteiger partial charge in [-0.15, -0.1) is 0 Å². The second-order valence-electron chi connectivity index (χ2n) is 8.30. The van der Waals surface area contributed by atoms with Gasteiger partial charge in [0.2, 0.25) is 5.91 Å². The topological polar surface area (TPSA) is 54.8 Å². The first-order valence-corrected chi connectivity index (χ1v) is 11.7. The van der Waals surface area contributed by atoms with Crippen LogP contribution in [0.25, 0.3) is 0 Å². The molecule has 6 heteroatoms. The number of rotatable bonds is 14. The first-order valence-electron chi connectivity index (χ1n) is 11.7. The molecule has 0 aliphatic heterocycles. The van der Waals surface area contributed by atoms with Crippen molar-refractivity contribution in [2.75, 3.05) is 33.4 Å². The number of ether oxygens (including phenoxy) is 1. The average Bonchev–Trinajstić information content (AvgIpc) is 3.20. The Morgan fingerprint density at radius 3 is 2.31 bits per heavy atom. The first kappa shape index (κ1) is 25.7. The lowest BCUT2D eigenvalue weighted by molar-refractivity contribution is -0.133. The van der Waals surface area contributed by atoms with E-state index in [-0.39, 0.29) is 18.4 Å². The fraction of sp³-hybridized carbons (Fsp3) is 0.538. The molecule has 0 fully saturated rings. The van der Waals surface area contributed by atoms with Crippen molar-refractivity contribution in [3.05, 3.63) is 59.4 Å². The molecule has 1 aromatic heterocycles. The third-order valence-electron chi connectivity index (χ3n) is 5.70. The fourth-order valence-corrected chi connectivity index (χ4v) is 3.71. The Hall–Kier alpha value is -2.60. The molecule has 0 atom stereocenters. The van der Waals surface area contributed by atoms with Gasteiger partial charge in [0.1, 0.15) is 6.54 Å². The van der Waals surface area contributed by atoms with Crippen LogP contribution in [0.1, 0.15) is 61.1 Å². The number of nitrogens with zero attached hydrogens (tertiary/aromatic N) is 3. The molecule has 2 rings (SSSR count). The predicted molar refractivity (Wildman–Crippen MR) is 129 cm³/mol. The summed E-state index contributed by atoms with van der Waals surface area (Å²) >= 11 is 0. The molecule has 0 saturated heterocycles. The Labute approximate surface area is 193 Å². The molecule has 0 unspecified atom stereocenters. The van der Waals surface area contributed by atoms with Crippen molar-refractivity contribution in [3.8, 4) is 0 Å². The number of aryl methyl sites for hydroxylation is 2. The number of benzene rings is 1. The zero-order valence-corrected chi connectivity index (χ0v) is 20.2. The maximum absolute atomic E-state index is 13.2. The highest BCUT2D eigenvalue weighted by Crippen LogP contribution is 2.13. The number of carbonyl (C=O) groups excluding carboxylic acids is 2. The summed E-state index contributed by atoms with van der Waals surface area (Å²) in [5.74, 6) is -0.160. The summed E-state index contributed by atoms with van der Waals surface area (Å²) in [6, 6.07) is 11.8. The number of hydrogen-bond acceptors (Lipinski definition) is 3. The van der Waals surface area contributed by atoms with E-state index in [1.54, 1.807) is 16.9 Å². The zero-order chi connectivity index (χ0) is 23.3. The molecule has 0 aliphatic rings. The van der Waals surface area contributed by atoms with E-state index in [1.807, 2.05) is 61.1 Å². The number of unbranched alkanes of at least 4 members (excludes halogenated alkanes) is 2. The van der Waals surface area contributed by atoms with Gasteiger partial charge in [0.25, 0.3) is 5.91 Å². The SMILES string of the molecule is CCCCCc1ccc(C(=O)N(CCC)CC(=O)N(CCOC)Cc2cccn2C)cc1. The van der Waals surface area contributed by atoms with Gasteiger partial charge in [-0.05, 0) is 49.1 Å². The standard InChI is InChI=1S/C26H39N3O3/c1-5-7-8-10-22-12-14-23(15-13-22)26(31)29(16-6-2)21-25(30)28(18-19-32-4)20-24-11-9-17-27(24)3/h9,11-15,17H,5-8,10,16,18-21H2,1-4H3. The van der Waals surface area contributed by atoms with E-state index in [9.17, 15) is 9.59 Å². The second kappa shape index (κ2) is 13.7. The van der Waals surface area contributed by atoms with Gasteiger partial charge >= 0.3 is 0 Å². The Kier molecular flexibility index (Phi) is 11.0. The average molecular weight is 442 g/mol. The zero-order valence-electron chi connectivity index (χ0n) is 20.2. The van der Waals surface area contributed by atoms with Crippen LogP contribution in [0.15, 0.2) is 42.6 Å². The van der Waals surface area contributed by atoms with Crippen molar-refractivity contribution in [2.45, 2.75) is 52.5 Å². The van der Waals surface area contributed by atoms with E-state index in [1.165, 1.54) is 24.8 Å². The van der Waals surface area contributed by atoms with E-state index in [0.29, 0.717) is 31.8 Å². The van der Waals surface area contributed by atoms with Gasteiger partial charge in [0.15, 0.2) is 0 Å². The van der Waals surface area contributed by atoms with Crippen molar-refractivity contribution in [3.63, 3.8) is 0 Å². The molecule has 1 heterocycles. The number of aromatic nitrogens is 1. The third kappa shape index (κ3) is 7.83. The molecule has 0 N–H and O–H groups in total. The Balaban J connectivity index is 2.07. The summed E-state index contributed by atoms with van der Waals surface area (Å²) in [5.41, 5.74) is 2.93. The second-order valence-corrected chi connectivity index (χ2v) is 8.30. The van der Waals surface area contributed by atoms with Crippen LogP contribution in [0.4, 0.5) is 0 Å². The molecule has 1 aromatic carbocycles. The molecule has 2 amide bonds. The predicted octanol–water partition coefficient (Wildman–Crippen LogP) is 4.29. The third-order valence-corrected chi connectivity index (χ3v) is 5.70. The van der Waals surface area contributed by atoms with Crippen molar-refractivity contribution >= 4 is 11.8 Å². The highest BCUT2D eigenvalue weighted by atomic mass is 16.5. The van der Waals surface area contributed by atoms with E-state index in [4.69, 9.17) is 4.74 Å². The summed E-state index contributed by atoms with van der Waals surface area (Å²) in [7, 11) is 3.59. The van der Waals surface area contributed by atoms with Crippen molar-refractivity contribution in [2.24, 2.45) is 7.05 Å². The van der Waals surface area contributed by atoms with Gasteiger partial charge in [0, 0.05) is 44.7 Å². The van der Waals surface area contributed by atoms with Gasteiger partial charge in [-0.3, -0.25) is 9.59 Å². The first-order chi connectivity index (χ1) is 15.5. The van der Waals surface area contributed by atoms with E-state index < -0.39 is 0 Å². The lowest BCUT2D eigenvalue weighted by Gasteiger charge is -2.27. The monoisotopic (exact) mass is 441 g/mol. The molecule has 6 nitrogen and oxygen atoms in total. The summed E-state index contributed by atoms with van der Waals surface area (Å²) in [6.07, 6.45) is 7.38. The van der Waals surface area contributed by atoms with Crippen LogP contribution >= 0.6 is 0 Å². The summed E-state index contributed by atoms with van der Waals surface area (Å²) < 4.78 is 7.21. The van der Waals surface area contributed by atoms with Crippen LogP contribution in [-0.2, 0) is 29.5 Å². The van der Waals surface area contributed by atoms with Crippen LogP contribution in [0.3, 0.4) is 0 Å². The lowest BCUT2D eigenvalue weighted by Crippen LogP contribution is -2.44. The van der Waals surface area contributed by atoms with Gasteiger partial charge < -0.3 is 19.1 Å². The molecule has 32 heavy (non-hydrogen) atoms. The maximum Gasteiger partial charge on any atom is 0.254 e. The highest BCUT2D eigenvalue weighted by Gasteiger charge is 2.22. The summed E-state index contributed by atoms with van der Waals surface area (Å²) in [4.78, 5) is 29.8. The smallest absolute Gasteiger partial charge is 0.254 e. The van der Waals surface area contributed by atoms with Crippen LogP contribution < -0.4 is 0 Å². The minimum absolute atomic E-state index is 0.0683. The molecule has 176 valence electrons. The van der Waals surface area contributed by atoms with E-state index in [2.05, 4.69) is 6.92 Å². The summed E-state index contributed by atoms with van der Waals surface area (Å²) in [5, 5.41) is 0. The van der Waals surface area contributed by atoms with Gasteiger partial charge in [-0.1, -0.05) is 38.8 Å². The van der Waals surface area contributed by atoms with Crippen LogP contribution in [0.5, 0.6) is 0 Å². The van der Waals surface area contributed by atoms with Gasteiger partial charge in [-0.2, -0.15) is 0 Å². The Morgan fingerprint density at radius 1 is 0.969 bits per heavy atom. The van der Waals surface area contributed by atoms with Crippen molar-refractivity contribution in [1.82, 2.24) is 14.4 Å². The fourth-order valence-electron chi connectivity index (χ4n) is 3.71.